The zero-order valence-electron chi connectivity index (χ0n) is 18.0. The molecule has 2 aromatic carbocycles. The summed E-state index contributed by atoms with van der Waals surface area (Å²) in [6.45, 7) is 3.75. The number of nitrogens with zero attached hydrogens (tertiary/aromatic N) is 2. The summed E-state index contributed by atoms with van der Waals surface area (Å²) in [5.41, 5.74) is 2.49. The molecule has 4 rings (SSSR count). The summed E-state index contributed by atoms with van der Waals surface area (Å²) in [4.78, 5) is 29.5. The molecule has 1 aliphatic heterocycles. The highest BCUT2D eigenvalue weighted by atomic mass is 19.1. The zero-order valence-corrected chi connectivity index (χ0v) is 18.0. The Bertz CT molecular complexity index is 901. The number of piperidine rings is 1. The monoisotopic (exact) mass is 423 g/mol. The minimum absolute atomic E-state index is 0.0397. The molecule has 1 aliphatic carbocycles. The zero-order chi connectivity index (χ0) is 21.8. The molecule has 0 aromatic heterocycles. The second-order valence-corrected chi connectivity index (χ2v) is 8.64. The van der Waals surface area contributed by atoms with Crippen LogP contribution in [0.25, 0.3) is 0 Å². The molecule has 1 N–H and O–H groups in total. The molecule has 0 radical (unpaired) electrons. The van der Waals surface area contributed by atoms with Gasteiger partial charge in [0.1, 0.15) is 5.82 Å². The summed E-state index contributed by atoms with van der Waals surface area (Å²) in [5, 5.41) is 2.83. The fraction of sp³-hybridized carbons (Fsp3) is 0.440. The fourth-order valence-corrected chi connectivity index (χ4v) is 4.28. The average Bonchev–Trinajstić information content (AvgIpc) is 3.63. The third kappa shape index (κ3) is 5.24. The van der Waals surface area contributed by atoms with Crippen molar-refractivity contribution in [3.05, 3.63) is 71.0 Å². The molecule has 1 saturated heterocycles. The Balaban J connectivity index is 1.29. The van der Waals surface area contributed by atoms with Gasteiger partial charge in [0.2, 0.25) is 5.91 Å². The smallest absolute Gasteiger partial charge is 0.317 e. The van der Waals surface area contributed by atoms with E-state index in [0.717, 1.165) is 24.0 Å². The number of carbonyl (C=O) groups is 2. The quantitative estimate of drug-likeness (QED) is 0.755. The van der Waals surface area contributed by atoms with Gasteiger partial charge in [0, 0.05) is 43.7 Å². The number of urea groups is 1. The molecule has 3 amide bonds. The first-order valence-electron chi connectivity index (χ1n) is 11.1. The summed E-state index contributed by atoms with van der Waals surface area (Å²) < 4.78 is 14.0. The maximum atomic E-state index is 14.0. The first kappa shape index (κ1) is 21.3. The van der Waals surface area contributed by atoms with Gasteiger partial charge in [-0.1, -0.05) is 42.5 Å². The van der Waals surface area contributed by atoms with E-state index < -0.39 is 0 Å². The second-order valence-electron chi connectivity index (χ2n) is 8.64. The highest BCUT2D eigenvalue weighted by molar-refractivity contribution is 5.80. The second kappa shape index (κ2) is 9.50. The van der Waals surface area contributed by atoms with E-state index in [-0.39, 0.29) is 30.2 Å². The van der Waals surface area contributed by atoms with Gasteiger partial charge in [-0.05, 0) is 49.8 Å². The highest BCUT2D eigenvalue weighted by Crippen LogP contribution is 2.32. The van der Waals surface area contributed by atoms with E-state index in [1.54, 1.807) is 11.0 Å². The van der Waals surface area contributed by atoms with Gasteiger partial charge in [-0.3, -0.25) is 4.79 Å². The fourth-order valence-electron chi connectivity index (χ4n) is 4.28. The summed E-state index contributed by atoms with van der Waals surface area (Å²) in [5.74, 6) is -0.126. The minimum Gasteiger partial charge on any atom is -0.335 e. The van der Waals surface area contributed by atoms with Crippen LogP contribution in [0.15, 0.2) is 48.5 Å². The van der Waals surface area contributed by atoms with Crippen molar-refractivity contribution in [2.24, 2.45) is 5.92 Å². The van der Waals surface area contributed by atoms with Crippen LogP contribution in [0.2, 0.25) is 0 Å². The maximum absolute atomic E-state index is 14.0. The van der Waals surface area contributed by atoms with Crippen LogP contribution in [-0.2, 0) is 17.9 Å². The van der Waals surface area contributed by atoms with Crippen LogP contribution in [0, 0.1) is 18.7 Å². The number of aryl methyl sites for hydroxylation is 1. The van der Waals surface area contributed by atoms with Gasteiger partial charge >= 0.3 is 6.03 Å². The van der Waals surface area contributed by atoms with Gasteiger partial charge in [0.05, 0.1) is 0 Å². The molecule has 2 aliphatic rings. The van der Waals surface area contributed by atoms with Crippen LogP contribution in [0.4, 0.5) is 9.18 Å². The van der Waals surface area contributed by atoms with Crippen molar-refractivity contribution in [1.29, 1.82) is 0 Å². The molecule has 0 spiro atoms. The lowest BCUT2D eigenvalue weighted by molar-refractivity contribution is -0.138. The number of carbonyl (C=O) groups excluding carboxylic acids is 2. The SMILES string of the molecule is Cc1cccc(F)c1CNC(=O)N1CCC(C(=O)N(Cc2ccccc2)C2CC2)CC1. The predicted octanol–water partition coefficient (Wildman–Crippen LogP) is 4.25. The molecule has 0 bridgehead atoms. The summed E-state index contributed by atoms with van der Waals surface area (Å²) in [6, 6.07) is 15.2. The number of halogens is 1. The Morgan fingerprint density at radius 3 is 2.39 bits per heavy atom. The largest absolute Gasteiger partial charge is 0.335 e. The Hall–Kier alpha value is -2.89. The van der Waals surface area contributed by atoms with Crippen molar-refractivity contribution >= 4 is 11.9 Å². The lowest BCUT2D eigenvalue weighted by Crippen LogP contribution is -2.47. The number of benzene rings is 2. The van der Waals surface area contributed by atoms with Gasteiger partial charge in [-0.2, -0.15) is 0 Å². The van der Waals surface area contributed by atoms with Crippen LogP contribution >= 0.6 is 0 Å². The lowest BCUT2D eigenvalue weighted by Gasteiger charge is -2.34. The van der Waals surface area contributed by atoms with E-state index in [4.69, 9.17) is 0 Å². The molecule has 1 saturated carbocycles. The first-order chi connectivity index (χ1) is 15.0. The Morgan fingerprint density at radius 2 is 1.74 bits per heavy atom. The minimum atomic E-state index is -0.303. The lowest BCUT2D eigenvalue weighted by atomic mass is 9.95. The Kier molecular flexibility index (Phi) is 6.54. The van der Waals surface area contributed by atoms with Crippen molar-refractivity contribution < 1.29 is 14.0 Å². The Morgan fingerprint density at radius 1 is 1.03 bits per heavy atom. The van der Waals surface area contributed by atoms with E-state index in [1.165, 1.54) is 6.07 Å². The van der Waals surface area contributed by atoms with Crippen LogP contribution < -0.4 is 5.32 Å². The molecule has 164 valence electrons. The van der Waals surface area contributed by atoms with Gasteiger partial charge in [0.25, 0.3) is 0 Å². The molecule has 31 heavy (non-hydrogen) atoms. The third-order valence-corrected chi connectivity index (χ3v) is 6.37. The van der Waals surface area contributed by atoms with Gasteiger partial charge in [-0.25, -0.2) is 9.18 Å². The third-order valence-electron chi connectivity index (χ3n) is 6.37. The van der Waals surface area contributed by atoms with E-state index in [0.29, 0.717) is 44.1 Å². The average molecular weight is 424 g/mol. The number of nitrogens with one attached hydrogen (secondary N) is 1. The number of hydrogen-bond acceptors (Lipinski definition) is 2. The molecule has 0 atom stereocenters. The topological polar surface area (TPSA) is 52.7 Å². The molecule has 6 heteroatoms. The van der Waals surface area contributed by atoms with Crippen LogP contribution in [0.3, 0.4) is 0 Å². The van der Waals surface area contributed by atoms with E-state index >= 15 is 0 Å². The van der Waals surface area contributed by atoms with E-state index in [2.05, 4.69) is 17.4 Å². The summed E-state index contributed by atoms with van der Waals surface area (Å²) >= 11 is 0. The van der Waals surface area contributed by atoms with Gasteiger partial charge in [0.15, 0.2) is 0 Å². The molecule has 1 heterocycles. The van der Waals surface area contributed by atoms with Crippen LogP contribution in [-0.4, -0.2) is 40.9 Å². The van der Waals surface area contributed by atoms with Gasteiger partial charge < -0.3 is 15.1 Å². The van der Waals surface area contributed by atoms with Crippen molar-refractivity contribution in [2.75, 3.05) is 13.1 Å². The van der Waals surface area contributed by atoms with Gasteiger partial charge in [-0.15, -0.1) is 0 Å². The molecular formula is C25H30FN3O2. The van der Waals surface area contributed by atoms with Crippen molar-refractivity contribution in [2.45, 2.75) is 51.7 Å². The molecular weight excluding hydrogens is 393 g/mol. The van der Waals surface area contributed by atoms with Crippen molar-refractivity contribution in [1.82, 2.24) is 15.1 Å². The molecule has 2 fully saturated rings. The number of amides is 3. The number of likely N-dealkylation sites (tertiary alicyclic amines) is 1. The molecule has 5 nitrogen and oxygen atoms in total. The van der Waals surface area contributed by atoms with E-state index in [1.807, 2.05) is 36.1 Å². The first-order valence-corrected chi connectivity index (χ1v) is 11.1. The van der Waals surface area contributed by atoms with E-state index in [9.17, 15) is 14.0 Å². The highest BCUT2D eigenvalue weighted by Gasteiger charge is 2.37. The Labute approximate surface area is 183 Å². The summed E-state index contributed by atoms with van der Waals surface area (Å²) in [7, 11) is 0. The summed E-state index contributed by atoms with van der Waals surface area (Å²) in [6.07, 6.45) is 3.50. The van der Waals surface area contributed by atoms with Crippen LogP contribution in [0.5, 0.6) is 0 Å². The van der Waals surface area contributed by atoms with Crippen molar-refractivity contribution in [3.8, 4) is 0 Å². The van der Waals surface area contributed by atoms with Crippen LogP contribution in [0.1, 0.15) is 42.4 Å². The van der Waals surface area contributed by atoms with Crippen molar-refractivity contribution in [3.63, 3.8) is 0 Å². The molecule has 0 unspecified atom stereocenters. The number of rotatable bonds is 6. The maximum Gasteiger partial charge on any atom is 0.317 e. The normalized spacial score (nSPS) is 16.8. The number of hydrogen-bond donors (Lipinski definition) is 1. The standard InChI is InChI=1S/C25H30FN3O2/c1-18-6-5-9-23(26)22(18)16-27-25(31)28-14-12-20(13-15-28)24(30)29(21-10-11-21)17-19-7-3-2-4-8-19/h2-9,20-21H,10-17H2,1H3,(H,27,31). The molecule has 2 aromatic rings. The predicted molar refractivity (Wildman–Crippen MR) is 118 cm³/mol.